The van der Waals surface area contributed by atoms with Gasteiger partial charge in [0.25, 0.3) is 5.91 Å². The molecule has 36 heavy (non-hydrogen) atoms. The molecule has 1 heterocycles. The number of benzene rings is 3. The highest BCUT2D eigenvalue weighted by atomic mass is 16.5. The van der Waals surface area contributed by atoms with E-state index in [1.54, 1.807) is 19.2 Å². The lowest BCUT2D eigenvalue weighted by Gasteiger charge is -2.35. The zero-order chi connectivity index (χ0) is 25.7. The average molecular weight is 493 g/mol. The minimum atomic E-state index is -1.10. The van der Waals surface area contributed by atoms with E-state index in [9.17, 15) is 15.1 Å². The summed E-state index contributed by atoms with van der Waals surface area (Å²) in [6.07, 6.45) is -0.556. The molecule has 1 aliphatic heterocycles. The Kier molecular flexibility index (Phi) is 7.79. The van der Waals surface area contributed by atoms with E-state index in [2.05, 4.69) is 5.32 Å². The summed E-state index contributed by atoms with van der Waals surface area (Å²) < 4.78 is 16.8. The van der Waals surface area contributed by atoms with Gasteiger partial charge in [-0.15, -0.1) is 0 Å². The summed E-state index contributed by atoms with van der Waals surface area (Å²) in [5.74, 6) is 1.32. The molecular weight excluding hydrogens is 460 g/mol. The first kappa shape index (κ1) is 25.5. The summed E-state index contributed by atoms with van der Waals surface area (Å²) in [7, 11) is 1.62. The van der Waals surface area contributed by atoms with Crippen molar-refractivity contribution in [3.63, 3.8) is 0 Å². The fourth-order valence-electron chi connectivity index (χ4n) is 4.12. The van der Waals surface area contributed by atoms with Crippen LogP contribution in [0.4, 0.5) is 5.69 Å². The van der Waals surface area contributed by atoms with Crippen molar-refractivity contribution in [1.29, 1.82) is 0 Å². The van der Waals surface area contributed by atoms with Gasteiger partial charge in [-0.2, -0.15) is 5.06 Å². The number of aliphatic hydroxyl groups is 1. The van der Waals surface area contributed by atoms with E-state index in [4.69, 9.17) is 14.2 Å². The van der Waals surface area contributed by atoms with Crippen LogP contribution < -0.4 is 19.5 Å². The van der Waals surface area contributed by atoms with Crippen LogP contribution in [0.3, 0.4) is 0 Å². The first-order chi connectivity index (χ1) is 17.2. The summed E-state index contributed by atoms with van der Waals surface area (Å²) >= 11 is 0. The summed E-state index contributed by atoms with van der Waals surface area (Å²) in [6.45, 7) is 3.90. The number of hydrogen-bond acceptors (Lipinski definition) is 7. The molecular formula is C28H32N2O6. The summed E-state index contributed by atoms with van der Waals surface area (Å²) in [6, 6.07) is 20.7. The monoisotopic (exact) mass is 492 g/mol. The van der Waals surface area contributed by atoms with Crippen LogP contribution in [-0.4, -0.2) is 47.1 Å². The summed E-state index contributed by atoms with van der Waals surface area (Å²) in [5.41, 5.74) is 2.18. The van der Waals surface area contributed by atoms with Crippen LogP contribution in [0.2, 0.25) is 0 Å². The number of methoxy groups -OCH3 is 1. The summed E-state index contributed by atoms with van der Waals surface area (Å²) in [4.78, 5) is 11.9. The summed E-state index contributed by atoms with van der Waals surface area (Å²) in [5, 5.41) is 26.0. The number of carbonyl (C=O) groups excluding carboxylic acids is 1. The third-order valence-corrected chi connectivity index (χ3v) is 6.16. The third-order valence-electron chi connectivity index (χ3n) is 6.16. The van der Waals surface area contributed by atoms with E-state index in [0.717, 1.165) is 21.9 Å². The second-order valence-corrected chi connectivity index (χ2v) is 9.44. The molecule has 1 amide bonds. The number of anilines is 1. The first-order valence-electron chi connectivity index (χ1n) is 11.8. The van der Waals surface area contributed by atoms with Gasteiger partial charge >= 0.3 is 0 Å². The average Bonchev–Trinajstić information content (AvgIpc) is 2.87. The number of hydroxylamine groups is 2. The maximum Gasteiger partial charge on any atom is 0.262 e. The van der Waals surface area contributed by atoms with E-state index >= 15 is 0 Å². The van der Waals surface area contributed by atoms with Crippen molar-refractivity contribution >= 4 is 11.6 Å². The molecule has 0 aliphatic carbocycles. The number of nitrogens with zero attached hydrogens (tertiary/aromatic N) is 1. The zero-order valence-corrected chi connectivity index (χ0v) is 20.7. The Morgan fingerprint density at radius 3 is 2.47 bits per heavy atom. The highest BCUT2D eigenvalue weighted by Crippen LogP contribution is 2.40. The Morgan fingerprint density at radius 1 is 1.06 bits per heavy atom. The van der Waals surface area contributed by atoms with Gasteiger partial charge in [-0.25, -0.2) is 0 Å². The lowest BCUT2D eigenvalue weighted by Crippen LogP contribution is -2.45. The van der Waals surface area contributed by atoms with E-state index < -0.39 is 11.6 Å². The Bertz CT molecular complexity index is 1180. The molecule has 0 fully saturated rings. The first-order valence-corrected chi connectivity index (χ1v) is 11.8. The van der Waals surface area contributed by atoms with Crippen LogP contribution in [0.25, 0.3) is 0 Å². The molecule has 0 radical (unpaired) electrons. The molecule has 1 atom stereocenters. The number of nitrogens with one attached hydrogen (secondary N) is 1. The third kappa shape index (κ3) is 6.15. The molecule has 0 aromatic heterocycles. The van der Waals surface area contributed by atoms with Gasteiger partial charge in [0.15, 0.2) is 6.61 Å². The van der Waals surface area contributed by atoms with Crippen LogP contribution in [0.15, 0.2) is 66.7 Å². The van der Waals surface area contributed by atoms with Gasteiger partial charge in [0, 0.05) is 17.2 Å². The molecule has 3 aromatic carbocycles. The molecule has 8 heteroatoms. The van der Waals surface area contributed by atoms with Gasteiger partial charge < -0.3 is 29.8 Å². The predicted octanol–water partition coefficient (Wildman–Crippen LogP) is 4.35. The Hall–Kier alpha value is -3.59. The minimum absolute atomic E-state index is 0.0744. The number of aliphatic hydroxyl groups excluding tert-OH is 1. The predicted molar refractivity (Wildman–Crippen MR) is 136 cm³/mol. The van der Waals surface area contributed by atoms with Gasteiger partial charge in [0.05, 0.1) is 25.4 Å². The lowest BCUT2D eigenvalue weighted by molar-refractivity contribution is -0.178. The molecule has 0 spiro atoms. The number of fused-ring (bicyclic) bond motifs is 1. The quantitative estimate of drug-likeness (QED) is 0.362. The smallest absolute Gasteiger partial charge is 0.262 e. The Morgan fingerprint density at radius 2 is 1.78 bits per heavy atom. The van der Waals surface area contributed by atoms with Gasteiger partial charge in [0.2, 0.25) is 0 Å². The van der Waals surface area contributed by atoms with Crippen molar-refractivity contribution in [3.8, 4) is 17.2 Å². The highest BCUT2D eigenvalue weighted by Gasteiger charge is 2.31. The second kappa shape index (κ2) is 11.0. The van der Waals surface area contributed by atoms with E-state index in [0.29, 0.717) is 35.8 Å². The van der Waals surface area contributed by atoms with Crippen molar-refractivity contribution < 1.29 is 29.3 Å². The highest BCUT2D eigenvalue weighted by molar-refractivity contribution is 5.96. The molecule has 0 saturated carbocycles. The van der Waals surface area contributed by atoms with Gasteiger partial charge in [0.1, 0.15) is 23.9 Å². The SMILES string of the molecule is COc1ccc(CC(C)(C)N(O)C[C@H](O)c2cc(OCc3ccccc3)cc3c2OCC(=O)N3)cc1. The fraction of sp³-hybridized carbons (Fsp3) is 0.321. The molecule has 190 valence electrons. The number of amides is 1. The van der Waals surface area contributed by atoms with Crippen molar-refractivity contribution in [2.45, 2.75) is 38.5 Å². The number of carbonyl (C=O) groups is 1. The number of β-amino-alcohol motifs (C(OH)–C–C–N with tert-alkyl or cyclic N) is 1. The standard InChI is InChI=1S/C28H32N2O6/c1-28(2,15-19-9-11-21(34-3)12-10-19)30(33)16-25(31)23-13-22(35-17-20-7-5-4-6-8-20)14-24-27(23)36-18-26(32)29-24/h4-14,25,31,33H,15-18H2,1-3H3,(H,29,32)/t25-/m0/s1. The molecule has 1 aliphatic rings. The molecule has 3 N–H and O–H groups in total. The second-order valence-electron chi connectivity index (χ2n) is 9.44. The Labute approximate surface area is 211 Å². The van der Waals surface area contributed by atoms with Gasteiger partial charge in [-0.3, -0.25) is 4.79 Å². The van der Waals surface area contributed by atoms with Crippen molar-refractivity contribution in [2.75, 3.05) is 25.6 Å². The van der Waals surface area contributed by atoms with Crippen LogP contribution >= 0.6 is 0 Å². The normalized spacial score (nSPS) is 14.0. The van der Waals surface area contributed by atoms with E-state index in [1.807, 2.05) is 68.4 Å². The minimum Gasteiger partial charge on any atom is -0.497 e. The number of hydrogen-bond donors (Lipinski definition) is 3. The topological polar surface area (TPSA) is 100 Å². The van der Waals surface area contributed by atoms with Crippen molar-refractivity contribution in [3.05, 3.63) is 83.4 Å². The van der Waals surface area contributed by atoms with Crippen molar-refractivity contribution in [1.82, 2.24) is 5.06 Å². The zero-order valence-electron chi connectivity index (χ0n) is 20.7. The largest absolute Gasteiger partial charge is 0.497 e. The van der Waals surface area contributed by atoms with Crippen LogP contribution in [-0.2, 0) is 17.8 Å². The lowest BCUT2D eigenvalue weighted by atomic mass is 9.93. The van der Waals surface area contributed by atoms with Gasteiger partial charge in [-0.05, 0) is 49.6 Å². The van der Waals surface area contributed by atoms with E-state index in [-0.39, 0.29) is 19.1 Å². The molecule has 0 saturated heterocycles. The Balaban J connectivity index is 1.51. The van der Waals surface area contributed by atoms with Crippen LogP contribution in [0.1, 0.15) is 36.6 Å². The van der Waals surface area contributed by atoms with Crippen LogP contribution in [0.5, 0.6) is 17.2 Å². The molecule has 0 bridgehead atoms. The molecule has 3 aromatic rings. The van der Waals surface area contributed by atoms with Crippen LogP contribution in [0, 0.1) is 0 Å². The fourth-order valence-corrected chi connectivity index (χ4v) is 4.12. The molecule has 4 rings (SSSR count). The van der Waals surface area contributed by atoms with E-state index in [1.165, 1.54) is 0 Å². The van der Waals surface area contributed by atoms with Gasteiger partial charge in [-0.1, -0.05) is 42.5 Å². The molecule has 8 nitrogen and oxygen atoms in total. The number of ether oxygens (including phenoxy) is 3. The maximum absolute atomic E-state index is 11.9. The number of rotatable bonds is 10. The van der Waals surface area contributed by atoms with Crippen molar-refractivity contribution in [2.24, 2.45) is 0 Å². The maximum atomic E-state index is 11.9. The molecule has 0 unspecified atom stereocenters.